The molecule has 0 bridgehead atoms. The van der Waals surface area contributed by atoms with Crippen molar-refractivity contribution in [2.75, 3.05) is 0 Å². The standard InChI is InChI=1S/C11H10ClNO/c1-8(6-7-13)11(14)9-2-4-10(12)5-3-9/h2-5,8H,6H2,1H3. The Balaban J connectivity index is 2.80. The molecular weight excluding hydrogens is 198 g/mol. The Morgan fingerprint density at radius 3 is 2.57 bits per heavy atom. The Labute approximate surface area is 88.1 Å². The predicted molar refractivity (Wildman–Crippen MR) is 55.2 cm³/mol. The van der Waals surface area contributed by atoms with Crippen molar-refractivity contribution in [3.8, 4) is 6.07 Å². The molecule has 1 aromatic carbocycles. The van der Waals surface area contributed by atoms with E-state index in [0.717, 1.165) is 0 Å². The Morgan fingerprint density at radius 1 is 1.50 bits per heavy atom. The van der Waals surface area contributed by atoms with Crippen LogP contribution in [0.1, 0.15) is 23.7 Å². The van der Waals surface area contributed by atoms with Crippen LogP contribution in [0.2, 0.25) is 5.02 Å². The lowest BCUT2D eigenvalue weighted by Gasteiger charge is -2.05. The van der Waals surface area contributed by atoms with Crippen molar-refractivity contribution >= 4 is 17.4 Å². The van der Waals surface area contributed by atoms with Gasteiger partial charge < -0.3 is 0 Å². The van der Waals surface area contributed by atoms with Gasteiger partial charge in [-0.1, -0.05) is 18.5 Å². The van der Waals surface area contributed by atoms with Crippen LogP contribution in [-0.4, -0.2) is 5.78 Å². The third-order valence-electron chi connectivity index (χ3n) is 1.97. The Morgan fingerprint density at radius 2 is 2.07 bits per heavy atom. The number of Topliss-reactive ketones (excluding diaryl/α,β-unsaturated/α-hetero) is 1. The highest BCUT2D eigenvalue weighted by Gasteiger charge is 2.14. The number of ketones is 1. The van der Waals surface area contributed by atoms with Gasteiger partial charge in [0.1, 0.15) is 0 Å². The highest BCUT2D eigenvalue weighted by atomic mass is 35.5. The van der Waals surface area contributed by atoms with E-state index in [1.807, 2.05) is 6.07 Å². The van der Waals surface area contributed by atoms with Crippen LogP contribution in [0.15, 0.2) is 24.3 Å². The number of carbonyl (C=O) groups excluding carboxylic acids is 1. The van der Waals surface area contributed by atoms with E-state index < -0.39 is 0 Å². The van der Waals surface area contributed by atoms with Crippen LogP contribution in [0, 0.1) is 17.2 Å². The minimum Gasteiger partial charge on any atom is -0.294 e. The average molecular weight is 208 g/mol. The molecule has 3 heteroatoms. The number of hydrogen-bond acceptors (Lipinski definition) is 2. The summed E-state index contributed by atoms with van der Waals surface area (Å²) >= 11 is 5.69. The molecule has 0 saturated carbocycles. The minimum absolute atomic E-state index is 0.0109. The number of carbonyl (C=O) groups is 1. The van der Waals surface area contributed by atoms with E-state index in [9.17, 15) is 4.79 Å². The number of benzene rings is 1. The molecule has 2 nitrogen and oxygen atoms in total. The van der Waals surface area contributed by atoms with Crippen molar-refractivity contribution < 1.29 is 4.79 Å². The monoisotopic (exact) mass is 207 g/mol. The maximum atomic E-state index is 11.7. The van der Waals surface area contributed by atoms with Crippen LogP contribution in [0.3, 0.4) is 0 Å². The van der Waals surface area contributed by atoms with Crippen molar-refractivity contribution in [3.63, 3.8) is 0 Å². The van der Waals surface area contributed by atoms with Crippen LogP contribution in [0.25, 0.3) is 0 Å². The summed E-state index contributed by atoms with van der Waals surface area (Å²) < 4.78 is 0. The summed E-state index contributed by atoms with van der Waals surface area (Å²) in [6, 6.07) is 8.69. The first-order valence-corrected chi connectivity index (χ1v) is 4.69. The summed E-state index contributed by atoms with van der Waals surface area (Å²) in [4.78, 5) is 11.7. The van der Waals surface area contributed by atoms with Gasteiger partial charge in [0.2, 0.25) is 0 Å². The maximum absolute atomic E-state index is 11.7. The van der Waals surface area contributed by atoms with Gasteiger partial charge in [0.25, 0.3) is 0 Å². The molecule has 0 N–H and O–H groups in total. The molecule has 0 amide bonds. The van der Waals surface area contributed by atoms with Gasteiger partial charge >= 0.3 is 0 Å². The van der Waals surface area contributed by atoms with Crippen LogP contribution in [0.5, 0.6) is 0 Å². The van der Waals surface area contributed by atoms with E-state index in [0.29, 0.717) is 10.6 Å². The second-order valence-corrected chi connectivity index (χ2v) is 3.57. The molecule has 1 rings (SSSR count). The fraction of sp³-hybridized carbons (Fsp3) is 0.273. The number of nitrogens with zero attached hydrogens (tertiary/aromatic N) is 1. The van der Waals surface area contributed by atoms with Gasteiger partial charge in [-0.05, 0) is 24.3 Å². The molecule has 0 radical (unpaired) electrons. The molecule has 14 heavy (non-hydrogen) atoms. The lowest BCUT2D eigenvalue weighted by atomic mass is 9.97. The summed E-state index contributed by atoms with van der Waals surface area (Å²) in [7, 11) is 0. The first-order chi connectivity index (χ1) is 6.65. The van der Waals surface area contributed by atoms with Gasteiger partial charge in [-0.15, -0.1) is 0 Å². The lowest BCUT2D eigenvalue weighted by molar-refractivity contribution is 0.0932. The highest BCUT2D eigenvalue weighted by Crippen LogP contribution is 2.14. The molecular formula is C11H10ClNO. The van der Waals surface area contributed by atoms with Crippen LogP contribution in [0.4, 0.5) is 0 Å². The largest absolute Gasteiger partial charge is 0.294 e. The zero-order chi connectivity index (χ0) is 10.6. The smallest absolute Gasteiger partial charge is 0.166 e. The predicted octanol–water partition coefficient (Wildman–Crippen LogP) is 3.07. The molecule has 0 aliphatic rings. The molecule has 1 aromatic rings. The quantitative estimate of drug-likeness (QED) is 0.715. The average Bonchev–Trinajstić information content (AvgIpc) is 2.18. The second kappa shape index (κ2) is 4.78. The van der Waals surface area contributed by atoms with Gasteiger partial charge in [0, 0.05) is 22.9 Å². The molecule has 0 aliphatic heterocycles. The topological polar surface area (TPSA) is 40.9 Å². The van der Waals surface area contributed by atoms with Crippen molar-refractivity contribution in [3.05, 3.63) is 34.9 Å². The zero-order valence-electron chi connectivity index (χ0n) is 7.83. The third kappa shape index (κ3) is 2.58. The van der Waals surface area contributed by atoms with Crippen LogP contribution < -0.4 is 0 Å². The fourth-order valence-corrected chi connectivity index (χ4v) is 1.25. The summed E-state index contributed by atoms with van der Waals surface area (Å²) in [5.41, 5.74) is 0.608. The number of nitriles is 1. The van der Waals surface area contributed by atoms with E-state index in [-0.39, 0.29) is 18.1 Å². The molecule has 0 spiro atoms. The summed E-state index contributed by atoms with van der Waals surface area (Å²) in [5, 5.41) is 9.06. The number of halogens is 1. The van der Waals surface area contributed by atoms with Gasteiger partial charge in [-0.25, -0.2) is 0 Å². The van der Waals surface area contributed by atoms with Crippen molar-refractivity contribution in [1.29, 1.82) is 5.26 Å². The third-order valence-corrected chi connectivity index (χ3v) is 2.23. The summed E-state index contributed by atoms with van der Waals surface area (Å²) in [5.74, 6) is -0.260. The summed E-state index contributed by atoms with van der Waals surface area (Å²) in [6.45, 7) is 1.75. The molecule has 0 fully saturated rings. The normalized spacial score (nSPS) is 11.8. The number of hydrogen-bond donors (Lipinski definition) is 0. The molecule has 72 valence electrons. The van der Waals surface area contributed by atoms with Crippen molar-refractivity contribution in [2.45, 2.75) is 13.3 Å². The first-order valence-electron chi connectivity index (χ1n) is 4.32. The molecule has 1 atom stereocenters. The maximum Gasteiger partial charge on any atom is 0.166 e. The van der Waals surface area contributed by atoms with Gasteiger partial charge in [-0.3, -0.25) is 4.79 Å². The van der Waals surface area contributed by atoms with E-state index in [1.165, 1.54) is 0 Å². The SMILES string of the molecule is CC(CC#N)C(=O)c1ccc(Cl)cc1. The number of rotatable bonds is 3. The van der Waals surface area contributed by atoms with Crippen molar-refractivity contribution in [2.24, 2.45) is 5.92 Å². The summed E-state index contributed by atoms with van der Waals surface area (Å²) in [6.07, 6.45) is 0.251. The minimum atomic E-state index is -0.249. The molecule has 0 saturated heterocycles. The van der Waals surface area contributed by atoms with Gasteiger partial charge in [0.15, 0.2) is 5.78 Å². The molecule has 0 aromatic heterocycles. The van der Waals surface area contributed by atoms with E-state index in [1.54, 1.807) is 31.2 Å². The fourth-order valence-electron chi connectivity index (χ4n) is 1.13. The van der Waals surface area contributed by atoms with Crippen LogP contribution in [-0.2, 0) is 0 Å². The van der Waals surface area contributed by atoms with E-state index in [2.05, 4.69) is 0 Å². The lowest BCUT2D eigenvalue weighted by Crippen LogP contribution is -2.10. The molecule has 0 heterocycles. The van der Waals surface area contributed by atoms with E-state index >= 15 is 0 Å². The van der Waals surface area contributed by atoms with Crippen LogP contribution >= 0.6 is 11.6 Å². The molecule has 0 aliphatic carbocycles. The Bertz CT molecular complexity index is 364. The first kappa shape index (κ1) is 10.7. The highest BCUT2D eigenvalue weighted by molar-refractivity contribution is 6.30. The van der Waals surface area contributed by atoms with Crippen molar-refractivity contribution in [1.82, 2.24) is 0 Å². The Hall–Kier alpha value is -1.33. The Kier molecular flexibility index (Phi) is 3.67. The second-order valence-electron chi connectivity index (χ2n) is 3.13. The van der Waals surface area contributed by atoms with E-state index in [4.69, 9.17) is 16.9 Å². The van der Waals surface area contributed by atoms with Gasteiger partial charge in [-0.2, -0.15) is 5.26 Å². The zero-order valence-corrected chi connectivity index (χ0v) is 8.58. The molecule has 1 unspecified atom stereocenters. The van der Waals surface area contributed by atoms with Gasteiger partial charge in [0.05, 0.1) is 6.07 Å².